The van der Waals surface area contributed by atoms with Crippen molar-refractivity contribution in [1.82, 2.24) is 24.0 Å². The summed E-state index contributed by atoms with van der Waals surface area (Å²) in [5.41, 5.74) is -0.398. The van der Waals surface area contributed by atoms with Gasteiger partial charge in [-0.15, -0.1) is 0 Å². The topological polar surface area (TPSA) is 90.9 Å². The second-order valence-electron chi connectivity index (χ2n) is 5.37. The molecule has 0 aromatic carbocycles. The molecule has 0 aliphatic heterocycles. The summed E-state index contributed by atoms with van der Waals surface area (Å²) >= 11 is 0. The number of hydrogen-bond acceptors (Lipinski definition) is 4. The van der Waals surface area contributed by atoms with Gasteiger partial charge in [0.2, 0.25) is 5.91 Å². The van der Waals surface area contributed by atoms with Gasteiger partial charge in [0.05, 0.1) is 6.33 Å². The Morgan fingerprint density at radius 1 is 1.19 bits per heavy atom. The summed E-state index contributed by atoms with van der Waals surface area (Å²) in [6.45, 7) is 5.40. The second kappa shape index (κ2) is 5.19. The number of carbonyl (C=O) groups excluding carboxylic acids is 1. The molecule has 21 heavy (non-hydrogen) atoms. The molecule has 0 aliphatic carbocycles. The second-order valence-corrected chi connectivity index (χ2v) is 5.37. The van der Waals surface area contributed by atoms with E-state index < -0.39 is 17.3 Å². The summed E-state index contributed by atoms with van der Waals surface area (Å²) in [5, 5.41) is 2.79. The van der Waals surface area contributed by atoms with Crippen molar-refractivity contribution in [3.63, 3.8) is 0 Å². The molecule has 2 aromatic heterocycles. The van der Waals surface area contributed by atoms with E-state index in [-0.39, 0.29) is 23.1 Å². The molecule has 0 spiro atoms. The first-order chi connectivity index (χ1) is 9.75. The number of aromatic nitrogens is 4. The van der Waals surface area contributed by atoms with Crippen LogP contribution in [0.3, 0.4) is 0 Å². The van der Waals surface area contributed by atoms with E-state index >= 15 is 0 Å². The van der Waals surface area contributed by atoms with Crippen molar-refractivity contribution in [3.05, 3.63) is 27.2 Å². The molecule has 8 heteroatoms. The average molecular weight is 293 g/mol. The molecule has 2 aromatic rings. The Balaban J connectivity index is 2.65. The highest BCUT2D eigenvalue weighted by atomic mass is 16.2. The van der Waals surface area contributed by atoms with E-state index in [1.807, 2.05) is 13.8 Å². The van der Waals surface area contributed by atoms with Crippen LogP contribution < -0.4 is 16.6 Å². The zero-order chi connectivity index (χ0) is 15.9. The summed E-state index contributed by atoms with van der Waals surface area (Å²) in [6.07, 6.45) is 1.41. The summed E-state index contributed by atoms with van der Waals surface area (Å²) in [6, 6.07) is -0.593. The van der Waals surface area contributed by atoms with E-state index in [4.69, 9.17) is 0 Å². The first-order valence-corrected chi connectivity index (χ1v) is 6.68. The van der Waals surface area contributed by atoms with E-state index in [0.717, 1.165) is 4.57 Å². The van der Waals surface area contributed by atoms with Gasteiger partial charge in [0.15, 0.2) is 11.2 Å². The Hall–Kier alpha value is -2.38. The van der Waals surface area contributed by atoms with Gasteiger partial charge in [0, 0.05) is 20.1 Å². The Kier molecular flexibility index (Phi) is 3.71. The fourth-order valence-electron chi connectivity index (χ4n) is 2.19. The smallest absolute Gasteiger partial charge is 0.332 e. The lowest BCUT2D eigenvalue weighted by molar-refractivity contribution is -0.124. The zero-order valence-electron chi connectivity index (χ0n) is 12.7. The normalized spacial score (nSPS) is 12.9. The summed E-state index contributed by atoms with van der Waals surface area (Å²) in [4.78, 5) is 40.4. The quantitative estimate of drug-likeness (QED) is 0.827. The zero-order valence-corrected chi connectivity index (χ0v) is 12.7. The summed E-state index contributed by atoms with van der Waals surface area (Å²) in [7, 11) is 2.95. The first-order valence-electron chi connectivity index (χ1n) is 6.68. The van der Waals surface area contributed by atoms with Gasteiger partial charge in [0.25, 0.3) is 5.56 Å². The Bertz CT molecular complexity index is 812. The number of nitrogens with one attached hydrogen (secondary N) is 1. The number of aryl methyl sites for hydroxylation is 1. The maximum atomic E-state index is 12.3. The summed E-state index contributed by atoms with van der Waals surface area (Å²) < 4.78 is 3.79. The van der Waals surface area contributed by atoms with Crippen molar-refractivity contribution < 1.29 is 4.79 Å². The Labute approximate surface area is 121 Å². The number of nitrogens with zero attached hydrogens (tertiary/aromatic N) is 4. The third-order valence-corrected chi connectivity index (χ3v) is 3.40. The highest BCUT2D eigenvalue weighted by molar-refractivity contribution is 5.82. The number of hydrogen-bond donors (Lipinski definition) is 1. The minimum Gasteiger partial charge on any atom is -0.352 e. The maximum absolute atomic E-state index is 12.3. The lowest BCUT2D eigenvalue weighted by Crippen LogP contribution is -2.39. The van der Waals surface area contributed by atoms with Crippen LogP contribution in [0.2, 0.25) is 0 Å². The monoisotopic (exact) mass is 293 g/mol. The average Bonchev–Trinajstić information content (AvgIpc) is 2.85. The molecular formula is C13H19N5O3. The fraction of sp³-hybridized carbons (Fsp3) is 0.538. The molecule has 1 N–H and O–H groups in total. The standard InChI is InChI=1S/C13H19N5O3/c1-7(2)15-11(19)8(3)18-6-14-10-9(18)12(20)17(5)13(21)16(10)4/h6-8H,1-5H3,(H,15,19)/t8-/m1/s1. The van der Waals surface area contributed by atoms with E-state index in [1.165, 1.54) is 22.5 Å². The molecule has 0 unspecified atom stereocenters. The maximum Gasteiger partial charge on any atom is 0.332 e. The van der Waals surface area contributed by atoms with E-state index in [0.29, 0.717) is 0 Å². The van der Waals surface area contributed by atoms with Crippen LogP contribution in [-0.2, 0) is 18.9 Å². The number of fused-ring (bicyclic) bond motifs is 1. The molecular weight excluding hydrogens is 274 g/mol. The summed E-state index contributed by atoms with van der Waals surface area (Å²) in [5.74, 6) is -0.208. The molecule has 114 valence electrons. The molecule has 1 amide bonds. The molecule has 0 fully saturated rings. The minimum atomic E-state index is -0.595. The molecule has 1 atom stereocenters. The van der Waals surface area contributed by atoms with Crippen LogP contribution in [0.5, 0.6) is 0 Å². The van der Waals surface area contributed by atoms with Gasteiger partial charge in [-0.1, -0.05) is 0 Å². The van der Waals surface area contributed by atoms with Crippen molar-refractivity contribution >= 4 is 17.1 Å². The van der Waals surface area contributed by atoms with Crippen LogP contribution >= 0.6 is 0 Å². The molecule has 8 nitrogen and oxygen atoms in total. The van der Waals surface area contributed by atoms with Crippen LogP contribution in [-0.4, -0.2) is 30.6 Å². The lowest BCUT2D eigenvalue weighted by Gasteiger charge is -2.16. The predicted octanol–water partition coefficient (Wildman–Crippen LogP) is -0.481. The molecule has 0 saturated carbocycles. The van der Waals surface area contributed by atoms with Crippen molar-refractivity contribution in [1.29, 1.82) is 0 Å². The molecule has 0 saturated heterocycles. The molecule has 2 rings (SSSR count). The third-order valence-electron chi connectivity index (χ3n) is 3.40. The predicted molar refractivity (Wildman–Crippen MR) is 78.2 cm³/mol. The SMILES string of the molecule is CC(C)NC(=O)[C@@H](C)n1cnc2c1c(=O)n(C)c(=O)n2C. The Morgan fingerprint density at radius 3 is 2.38 bits per heavy atom. The van der Waals surface area contributed by atoms with E-state index in [2.05, 4.69) is 10.3 Å². The van der Waals surface area contributed by atoms with Crippen molar-refractivity contribution in [2.45, 2.75) is 32.9 Å². The van der Waals surface area contributed by atoms with Gasteiger partial charge in [-0.3, -0.25) is 18.7 Å². The van der Waals surface area contributed by atoms with Gasteiger partial charge >= 0.3 is 5.69 Å². The van der Waals surface area contributed by atoms with Crippen LogP contribution in [0.25, 0.3) is 11.2 Å². The van der Waals surface area contributed by atoms with Crippen molar-refractivity contribution in [2.75, 3.05) is 0 Å². The van der Waals surface area contributed by atoms with Crippen molar-refractivity contribution in [2.24, 2.45) is 14.1 Å². The largest absolute Gasteiger partial charge is 0.352 e. The van der Waals surface area contributed by atoms with Crippen LogP contribution in [0.1, 0.15) is 26.8 Å². The van der Waals surface area contributed by atoms with Gasteiger partial charge in [-0.25, -0.2) is 9.78 Å². The van der Waals surface area contributed by atoms with Gasteiger partial charge < -0.3 is 9.88 Å². The first kappa shape index (κ1) is 15.0. The minimum absolute atomic E-state index is 0.00178. The Morgan fingerprint density at radius 2 is 1.81 bits per heavy atom. The number of carbonyl (C=O) groups is 1. The number of amides is 1. The van der Waals surface area contributed by atoms with Crippen LogP contribution in [0, 0.1) is 0 Å². The molecule has 2 heterocycles. The molecule has 0 aliphatic rings. The fourth-order valence-corrected chi connectivity index (χ4v) is 2.19. The van der Waals surface area contributed by atoms with Gasteiger partial charge in [-0.05, 0) is 20.8 Å². The van der Waals surface area contributed by atoms with Crippen LogP contribution in [0.4, 0.5) is 0 Å². The third kappa shape index (κ3) is 2.37. The number of rotatable bonds is 3. The lowest BCUT2D eigenvalue weighted by atomic mass is 10.2. The molecule has 0 bridgehead atoms. The molecule has 0 radical (unpaired) electrons. The van der Waals surface area contributed by atoms with Gasteiger partial charge in [0.1, 0.15) is 6.04 Å². The van der Waals surface area contributed by atoms with E-state index in [9.17, 15) is 14.4 Å². The van der Waals surface area contributed by atoms with Gasteiger partial charge in [-0.2, -0.15) is 0 Å². The van der Waals surface area contributed by atoms with Crippen molar-refractivity contribution in [3.8, 4) is 0 Å². The highest BCUT2D eigenvalue weighted by Gasteiger charge is 2.21. The number of imidazole rings is 1. The van der Waals surface area contributed by atoms with Crippen LogP contribution in [0.15, 0.2) is 15.9 Å². The highest BCUT2D eigenvalue weighted by Crippen LogP contribution is 2.13. The van der Waals surface area contributed by atoms with E-state index in [1.54, 1.807) is 14.0 Å².